The van der Waals surface area contributed by atoms with Crippen LogP contribution in [0.3, 0.4) is 0 Å². The van der Waals surface area contributed by atoms with Crippen molar-refractivity contribution in [3.63, 3.8) is 0 Å². The van der Waals surface area contributed by atoms with Gasteiger partial charge in [0.15, 0.2) is 0 Å². The van der Waals surface area contributed by atoms with E-state index in [1.165, 1.54) is 4.90 Å². The van der Waals surface area contributed by atoms with Crippen LogP contribution < -0.4 is 19.9 Å². The van der Waals surface area contributed by atoms with Gasteiger partial charge in [0.05, 0.1) is 19.4 Å². The largest absolute Gasteiger partial charge is 0.497 e. The highest BCUT2D eigenvalue weighted by Gasteiger charge is 2.21. The predicted octanol–water partition coefficient (Wildman–Crippen LogP) is 2.82. The summed E-state index contributed by atoms with van der Waals surface area (Å²) in [6.07, 6.45) is 1.64. The Kier molecular flexibility index (Phi) is 7.36. The van der Waals surface area contributed by atoms with Crippen LogP contribution >= 0.6 is 0 Å². The lowest BCUT2D eigenvalue weighted by molar-refractivity contribution is 0.206. The second kappa shape index (κ2) is 9.72. The predicted molar refractivity (Wildman–Crippen MR) is 106 cm³/mol. The van der Waals surface area contributed by atoms with Crippen molar-refractivity contribution in [2.45, 2.75) is 19.9 Å². The summed E-state index contributed by atoms with van der Waals surface area (Å²) in [5.41, 5.74) is 0.679. The van der Waals surface area contributed by atoms with Crippen molar-refractivity contribution in [3.8, 4) is 5.75 Å². The number of anilines is 3. The van der Waals surface area contributed by atoms with Crippen LogP contribution in [0.2, 0.25) is 0 Å². The van der Waals surface area contributed by atoms with Crippen LogP contribution in [0.4, 0.5) is 22.2 Å². The summed E-state index contributed by atoms with van der Waals surface area (Å²) in [4.78, 5) is 25.1. The molecular formula is C19H27N5O3. The SMILES string of the molecule is COCCN(C)c1nccc(N(C(=O)NC(C)C)c2ccc(OC)cc2)n1. The number of nitrogens with zero attached hydrogens (tertiary/aromatic N) is 4. The summed E-state index contributed by atoms with van der Waals surface area (Å²) >= 11 is 0. The second-order valence-electron chi connectivity index (χ2n) is 6.27. The van der Waals surface area contributed by atoms with Crippen LogP contribution in [-0.2, 0) is 4.74 Å². The number of carbonyl (C=O) groups excluding carboxylic acids is 1. The van der Waals surface area contributed by atoms with Crippen LogP contribution in [0.15, 0.2) is 36.5 Å². The van der Waals surface area contributed by atoms with Gasteiger partial charge in [-0.2, -0.15) is 4.98 Å². The molecule has 0 saturated carbocycles. The Hall–Kier alpha value is -2.87. The van der Waals surface area contributed by atoms with Gasteiger partial charge < -0.3 is 19.7 Å². The normalized spacial score (nSPS) is 10.6. The van der Waals surface area contributed by atoms with Gasteiger partial charge in [-0.25, -0.2) is 14.7 Å². The summed E-state index contributed by atoms with van der Waals surface area (Å²) in [6.45, 7) is 5.02. The minimum Gasteiger partial charge on any atom is -0.497 e. The summed E-state index contributed by atoms with van der Waals surface area (Å²) in [6, 6.07) is 8.67. The maximum Gasteiger partial charge on any atom is 0.327 e. The van der Waals surface area contributed by atoms with E-state index in [1.54, 1.807) is 38.6 Å². The summed E-state index contributed by atoms with van der Waals surface area (Å²) in [5.74, 6) is 1.71. The number of likely N-dealkylation sites (N-methyl/N-ethyl adjacent to an activating group) is 1. The molecule has 0 saturated heterocycles. The van der Waals surface area contributed by atoms with Gasteiger partial charge in [0.25, 0.3) is 0 Å². The highest BCUT2D eigenvalue weighted by atomic mass is 16.5. The van der Waals surface area contributed by atoms with E-state index in [9.17, 15) is 4.79 Å². The van der Waals surface area contributed by atoms with Gasteiger partial charge in [0.1, 0.15) is 11.6 Å². The Morgan fingerprint density at radius 3 is 2.48 bits per heavy atom. The first-order valence-electron chi connectivity index (χ1n) is 8.74. The number of amides is 2. The molecule has 1 heterocycles. The molecule has 1 aromatic heterocycles. The molecule has 0 fully saturated rings. The maximum absolute atomic E-state index is 12.9. The Labute approximate surface area is 160 Å². The molecule has 8 heteroatoms. The van der Waals surface area contributed by atoms with E-state index in [2.05, 4.69) is 15.3 Å². The van der Waals surface area contributed by atoms with Crippen LogP contribution in [0, 0.1) is 0 Å². The minimum atomic E-state index is -0.264. The molecule has 0 aliphatic carbocycles. The quantitative estimate of drug-likeness (QED) is 0.766. The fraction of sp³-hybridized carbons (Fsp3) is 0.421. The molecule has 0 aliphatic rings. The molecule has 2 amide bonds. The smallest absolute Gasteiger partial charge is 0.327 e. The Morgan fingerprint density at radius 1 is 1.19 bits per heavy atom. The lowest BCUT2D eigenvalue weighted by atomic mass is 10.2. The fourth-order valence-corrected chi connectivity index (χ4v) is 2.37. The van der Waals surface area contributed by atoms with E-state index in [1.807, 2.05) is 37.9 Å². The molecule has 8 nitrogen and oxygen atoms in total. The summed E-state index contributed by atoms with van der Waals surface area (Å²) in [5, 5.41) is 2.91. The lowest BCUT2D eigenvalue weighted by Crippen LogP contribution is -2.41. The molecule has 2 rings (SSSR count). The number of urea groups is 1. The first-order valence-corrected chi connectivity index (χ1v) is 8.74. The lowest BCUT2D eigenvalue weighted by Gasteiger charge is -2.25. The number of carbonyl (C=O) groups is 1. The molecule has 27 heavy (non-hydrogen) atoms. The van der Waals surface area contributed by atoms with Crippen molar-refractivity contribution in [1.82, 2.24) is 15.3 Å². The number of hydrogen-bond donors (Lipinski definition) is 1. The van der Waals surface area contributed by atoms with E-state index >= 15 is 0 Å². The Balaban J connectivity index is 2.39. The maximum atomic E-state index is 12.9. The summed E-state index contributed by atoms with van der Waals surface area (Å²) < 4.78 is 10.3. The topological polar surface area (TPSA) is 79.8 Å². The third-order valence-corrected chi connectivity index (χ3v) is 3.78. The highest BCUT2D eigenvalue weighted by Crippen LogP contribution is 2.27. The zero-order valence-corrected chi connectivity index (χ0v) is 16.5. The first-order chi connectivity index (χ1) is 13.0. The molecule has 1 aromatic carbocycles. The minimum absolute atomic E-state index is 0.0102. The monoisotopic (exact) mass is 373 g/mol. The van der Waals surface area contributed by atoms with Crippen LogP contribution in [0.1, 0.15) is 13.8 Å². The molecule has 0 unspecified atom stereocenters. The van der Waals surface area contributed by atoms with Gasteiger partial charge in [-0.3, -0.25) is 0 Å². The molecule has 1 N–H and O–H groups in total. The molecule has 0 spiro atoms. The van der Waals surface area contributed by atoms with Crippen molar-refractivity contribution in [3.05, 3.63) is 36.5 Å². The second-order valence-corrected chi connectivity index (χ2v) is 6.27. The molecule has 0 radical (unpaired) electrons. The van der Waals surface area contributed by atoms with Gasteiger partial charge in [0.2, 0.25) is 5.95 Å². The van der Waals surface area contributed by atoms with Crippen molar-refractivity contribution in [2.24, 2.45) is 0 Å². The number of aromatic nitrogens is 2. The van der Waals surface area contributed by atoms with Gasteiger partial charge in [0, 0.05) is 39.0 Å². The zero-order valence-electron chi connectivity index (χ0n) is 16.5. The number of rotatable bonds is 8. The van der Waals surface area contributed by atoms with Crippen LogP contribution in [0.25, 0.3) is 0 Å². The van der Waals surface area contributed by atoms with Gasteiger partial charge in [-0.15, -0.1) is 0 Å². The van der Waals surface area contributed by atoms with Crippen LogP contribution in [-0.4, -0.2) is 56.5 Å². The fourth-order valence-electron chi connectivity index (χ4n) is 2.37. The first kappa shape index (κ1) is 20.4. The highest BCUT2D eigenvalue weighted by molar-refractivity contribution is 5.98. The zero-order chi connectivity index (χ0) is 19.8. The van der Waals surface area contributed by atoms with Crippen molar-refractivity contribution < 1.29 is 14.3 Å². The average Bonchev–Trinajstić information content (AvgIpc) is 2.66. The number of methoxy groups -OCH3 is 2. The number of ether oxygens (including phenoxy) is 2. The van der Waals surface area contributed by atoms with Gasteiger partial charge in [-0.05, 0) is 38.1 Å². The molecule has 146 valence electrons. The molecule has 0 bridgehead atoms. The Bertz CT molecular complexity index is 736. The third-order valence-electron chi connectivity index (χ3n) is 3.78. The van der Waals surface area contributed by atoms with E-state index in [0.29, 0.717) is 36.4 Å². The molecule has 0 atom stereocenters. The number of benzene rings is 1. The standard InChI is InChI=1S/C19H27N5O3/c1-14(2)21-19(25)24(15-6-8-16(27-5)9-7-15)17-10-11-20-18(22-17)23(3)12-13-26-4/h6-11,14H,12-13H2,1-5H3,(H,21,25). The molecular weight excluding hydrogens is 346 g/mol. The summed E-state index contributed by atoms with van der Waals surface area (Å²) in [7, 11) is 5.13. The van der Waals surface area contributed by atoms with Gasteiger partial charge >= 0.3 is 6.03 Å². The Morgan fingerprint density at radius 2 is 1.89 bits per heavy atom. The van der Waals surface area contributed by atoms with Crippen molar-refractivity contribution in [2.75, 3.05) is 44.2 Å². The number of hydrogen-bond acceptors (Lipinski definition) is 6. The average molecular weight is 373 g/mol. The number of nitrogens with one attached hydrogen (secondary N) is 1. The van der Waals surface area contributed by atoms with Crippen molar-refractivity contribution in [1.29, 1.82) is 0 Å². The van der Waals surface area contributed by atoms with E-state index in [0.717, 1.165) is 0 Å². The molecule has 2 aromatic rings. The van der Waals surface area contributed by atoms with E-state index < -0.39 is 0 Å². The van der Waals surface area contributed by atoms with Crippen LogP contribution in [0.5, 0.6) is 5.75 Å². The third kappa shape index (κ3) is 5.55. The van der Waals surface area contributed by atoms with Crippen molar-refractivity contribution >= 4 is 23.5 Å². The van der Waals surface area contributed by atoms with E-state index in [4.69, 9.17) is 9.47 Å². The van der Waals surface area contributed by atoms with E-state index in [-0.39, 0.29) is 12.1 Å². The molecule has 0 aliphatic heterocycles. The van der Waals surface area contributed by atoms with Gasteiger partial charge in [-0.1, -0.05) is 0 Å².